The van der Waals surface area contributed by atoms with Crippen molar-refractivity contribution in [3.63, 3.8) is 0 Å². The summed E-state index contributed by atoms with van der Waals surface area (Å²) in [5, 5.41) is 6.73. The zero-order chi connectivity index (χ0) is 23.0. The van der Waals surface area contributed by atoms with Crippen molar-refractivity contribution in [2.45, 2.75) is 6.92 Å². The van der Waals surface area contributed by atoms with E-state index in [1.54, 1.807) is 24.3 Å². The molecule has 7 nitrogen and oxygen atoms in total. The van der Waals surface area contributed by atoms with Crippen molar-refractivity contribution >= 4 is 33.8 Å². The van der Waals surface area contributed by atoms with E-state index in [9.17, 15) is 9.59 Å². The van der Waals surface area contributed by atoms with Gasteiger partial charge in [0.25, 0.3) is 11.8 Å². The Morgan fingerprint density at radius 3 is 2.48 bits per heavy atom. The second-order valence-electron chi connectivity index (χ2n) is 7.52. The number of likely N-dealkylation sites (N-methyl/N-ethyl adjacent to an activating group) is 1. The quantitative estimate of drug-likeness (QED) is 0.525. The fraction of sp³-hybridized carbons (Fsp3) is 0.280. The molecular weight excluding hydrogens is 438 g/mol. The zero-order valence-electron chi connectivity index (χ0n) is 18.5. The zero-order valence-corrected chi connectivity index (χ0v) is 19.3. The molecule has 1 fully saturated rings. The lowest BCUT2D eigenvalue weighted by Gasteiger charge is -2.28. The largest absolute Gasteiger partial charge is 0.484 e. The Kier molecular flexibility index (Phi) is 7.59. The molecule has 4 rings (SSSR count). The van der Waals surface area contributed by atoms with Gasteiger partial charge in [-0.1, -0.05) is 30.3 Å². The number of rotatable bonds is 8. The van der Waals surface area contributed by atoms with Crippen molar-refractivity contribution in [3.05, 3.63) is 65.5 Å². The highest BCUT2D eigenvalue weighted by molar-refractivity contribution is 7.18. The van der Waals surface area contributed by atoms with Crippen LogP contribution in [-0.4, -0.2) is 51.3 Å². The van der Waals surface area contributed by atoms with Gasteiger partial charge in [-0.25, -0.2) is 0 Å². The molecule has 1 aliphatic heterocycles. The lowest BCUT2D eigenvalue weighted by atomic mass is 10.1. The molecule has 2 aromatic carbocycles. The number of thiophene rings is 1. The van der Waals surface area contributed by atoms with Crippen LogP contribution in [0, 0.1) is 0 Å². The first-order chi connectivity index (χ1) is 16.1. The van der Waals surface area contributed by atoms with Gasteiger partial charge in [0, 0.05) is 30.9 Å². The summed E-state index contributed by atoms with van der Waals surface area (Å²) in [7, 11) is 0. The summed E-state index contributed by atoms with van der Waals surface area (Å²) in [6.07, 6.45) is 0. The average Bonchev–Trinajstić information content (AvgIpc) is 3.31. The molecule has 2 amide bonds. The normalized spacial score (nSPS) is 13.4. The summed E-state index contributed by atoms with van der Waals surface area (Å²) in [5.74, 6) is 0.238. The lowest BCUT2D eigenvalue weighted by Crippen LogP contribution is -2.35. The van der Waals surface area contributed by atoms with Crippen LogP contribution in [0.15, 0.2) is 60.7 Å². The summed E-state index contributed by atoms with van der Waals surface area (Å²) >= 11 is 1.50. The molecule has 2 N–H and O–H groups in total. The predicted octanol–water partition coefficient (Wildman–Crippen LogP) is 4.02. The molecule has 0 aliphatic carbocycles. The summed E-state index contributed by atoms with van der Waals surface area (Å²) < 4.78 is 11.0. The van der Waals surface area contributed by atoms with Gasteiger partial charge in [0.2, 0.25) is 0 Å². The molecule has 33 heavy (non-hydrogen) atoms. The number of nitrogens with zero attached hydrogens (tertiary/aromatic N) is 1. The Bertz CT molecular complexity index is 1080. The second kappa shape index (κ2) is 11.0. The van der Waals surface area contributed by atoms with Gasteiger partial charge in [-0.05, 0) is 42.8 Å². The van der Waals surface area contributed by atoms with Crippen molar-refractivity contribution in [2.75, 3.05) is 49.7 Å². The number of anilines is 2. The molecule has 172 valence electrons. The molecule has 0 atom stereocenters. The van der Waals surface area contributed by atoms with Crippen LogP contribution in [0.2, 0.25) is 0 Å². The van der Waals surface area contributed by atoms with Gasteiger partial charge < -0.3 is 25.0 Å². The molecule has 3 aromatic rings. The molecule has 1 saturated heterocycles. The van der Waals surface area contributed by atoms with Crippen LogP contribution in [0.3, 0.4) is 0 Å². The number of benzene rings is 2. The Hall–Kier alpha value is -3.36. The van der Waals surface area contributed by atoms with Gasteiger partial charge in [0.15, 0.2) is 6.61 Å². The topological polar surface area (TPSA) is 79.9 Å². The maximum atomic E-state index is 13.0. The second-order valence-corrected chi connectivity index (χ2v) is 8.55. The molecular formula is C25H27N3O4S. The molecule has 1 aromatic heterocycles. The van der Waals surface area contributed by atoms with E-state index in [1.165, 1.54) is 11.3 Å². The number of morpholine rings is 1. The Morgan fingerprint density at radius 1 is 1.06 bits per heavy atom. The molecule has 0 spiro atoms. The molecule has 0 radical (unpaired) electrons. The summed E-state index contributed by atoms with van der Waals surface area (Å²) in [6, 6.07) is 19.1. The first kappa shape index (κ1) is 22.8. The standard InChI is InChI=1S/C25H27N3O4S/c1-2-26-23(29)17-32-20-10-8-19(9-11-20)27-24(30)22-16-21(18-6-4-3-5-7-18)25(33-22)28-12-14-31-15-13-28/h3-11,16H,2,12-15,17H2,1H3,(H,26,29)(H,27,30). The summed E-state index contributed by atoms with van der Waals surface area (Å²) in [4.78, 5) is 27.5. The van der Waals surface area contributed by atoms with Gasteiger partial charge in [0.1, 0.15) is 5.75 Å². The van der Waals surface area contributed by atoms with E-state index in [0.717, 1.165) is 29.2 Å². The molecule has 0 unspecified atom stereocenters. The molecule has 0 bridgehead atoms. The highest BCUT2D eigenvalue weighted by Crippen LogP contribution is 2.39. The van der Waals surface area contributed by atoms with E-state index in [2.05, 4.69) is 27.7 Å². The highest BCUT2D eigenvalue weighted by Gasteiger charge is 2.22. The molecule has 1 aliphatic rings. The molecule has 0 saturated carbocycles. The fourth-order valence-corrected chi connectivity index (χ4v) is 4.67. The van der Waals surface area contributed by atoms with Crippen molar-refractivity contribution in [1.29, 1.82) is 0 Å². The van der Waals surface area contributed by atoms with Crippen molar-refractivity contribution in [1.82, 2.24) is 5.32 Å². The third-order valence-corrected chi connectivity index (χ3v) is 6.37. The minimum absolute atomic E-state index is 0.0404. The van der Waals surface area contributed by atoms with Crippen LogP contribution in [0.25, 0.3) is 11.1 Å². The first-order valence-corrected chi connectivity index (χ1v) is 11.8. The van der Waals surface area contributed by atoms with Crippen LogP contribution in [0.4, 0.5) is 10.7 Å². The number of hydrogen-bond donors (Lipinski definition) is 2. The van der Waals surface area contributed by atoms with Gasteiger partial charge in [-0.15, -0.1) is 11.3 Å². The number of carbonyl (C=O) groups excluding carboxylic acids is 2. The number of amides is 2. The van der Waals surface area contributed by atoms with E-state index in [-0.39, 0.29) is 18.4 Å². The van der Waals surface area contributed by atoms with Gasteiger partial charge in [-0.3, -0.25) is 9.59 Å². The third kappa shape index (κ3) is 5.91. The molecule has 2 heterocycles. The monoisotopic (exact) mass is 465 g/mol. The lowest BCUT2D eigenvalue weighted by molar-refractivity contribution is -0.122. The van der Waals surface area contributed by atoms with Crippen molar-refractivity contribution in [3.8, 4) is 16.9 Å². The van der Waals surface area contributed by atoms with Crippen LogP contribution < -0.4 is 20.3 Å². The third-order valence-electron chi connectivity index (χ3n) is 5.18. The van der Waals surface area contributed by atoms with Crippen LogP contribution >= 0.6 is 11.3 Å². The van der Waals surface area contributed by atoms with Gasteiger partial charge in [-0.2, -0.15) is 0 Å². The number of nitrogens with one attached hydrogen (secondary N) is 2. The first-order valence-electron chi connectivity index (χ1n) is 11.0. The highest BCUT2D eigenvalue weighted by atomic mass is 32.1. The Labute approximate surface area is 197 Å². The predicted molar refractivity (Wildman–Crippen MR) is 131 cm³/mol. The summed E-state index contributed by atoms with van der Waals surface area (Å²) in [6.45, 7) is 5.36. The van der Waals surface area contributed by atoms with Gasteiger partial charge in [0.05, 0.1) is 23.1 Å². The number of carbonyl (C=O) groups is 2. The van der Waals surface area contributed by atoms with Crippen LogP contribution in [0.5, 0.6) is 5.75 Å². The van der Waals surface area contributed by atoms with E-state index in [0.29, 0.717) is 36.1 Å². The van der Waals surface area contributed by atoms with E-state index in [1.807, 2.05) is 31.2 Å². The Balaban J connectivity index is 1.48. The smallest absolute Gasteiger partial charge is 0.265 e. The number of hydrogen-bond acceptors (Lipinski definition) is 6. The van der Waals surface area contributed by atoms with Gasteiger partial charge >= 0.3 is 0 Å². The maximum absolute atomic E-state index is 13.0. The minimum Gasteiger partial charge on any atom is -0.484 e. The van der Waals surface area contributed by atoms with Crippen molar-refractivity contribution < 1.29 is 19.1 Å². The summed E-state index contributed by atoms with van der Waals surface area (Å²) in [5.41, 5.74) is 2.80. The minimum atomic E-state index is -0.169. The average molecular weight is 466 g/mol. The van der Waals surface area contributed by atoms with E-state index < -0.39 is 0 Å². The van der Waals surface area contributed by atoms with E-state index >= 15 is 0 Å². The Morgan fingerprint density at radius 2 is 1.79 bits per heavy atom. The molecule has 8 heteroatoms. The van der Waals surface area contributed by atoms with Crippen molar-refractivity contribution in [2.24, 2.45) is 0 Å². The van der Waals surface area contributed by atoms with E-state index in [4.69, 9.17) is 9.47 Å². The maximum Gasteiger partial charge on any atom is 0.265 e. The number of ether oxygens (including phenoxy) is 2. The van der Waals surface area contributed by atoms with Crippen LogP contribution in [0.1, 0.15) is 16.6 Å². The van der Waals surface area contributed by atoms with Crippen LogP contribution in [-0.2, 0) is 9.53 Å². The fourth-order valence-electron chi connectivity index (χ4n) is 3.54. The SMILES string of the molecule is CCNC(=O)COc1ccc(NC(=O)c2cc(-c3ccccc3)c(N3CCOCC3)s2)cc1.